The maximum Gasteiger partial charge on any atom is 0.410 e. The number of methoxy groups -OCH3 is 1. The van der Waals surface area contributed by atoms with Crippen LogP contribution in [0, 0.1) is 5.92 Å². The van der Waals surface area contributed by atoms with E-state index in [1.165, 1.54) is 7.11 Å². The molecule has 0 aromatic heterocycles. The summed E-state index contributed by atoms with van der Waals surface area (Å²) in [6, 6.07) is 31.0. The molecule has 0 N–H and O–H groups in total. The number of piperidine rings is 1. The molecular weight excluding hydrogens is 564 g/mol. The van der Waals surface area contributed by atoms with Crippen LogP contribution in [0.25, 0.3) is 10.8 Å². The molecule has 4 aromatic carbocycles. The topological polar surface area (TPSA) is 76.2 Å². The highest BCUT2D eigenvalue weighted by Crippen LogP contribution is 2.37. The number of nitrogens with zero attached hydrogens (tertiary/aromatic N) is 2. The molecule has 7 nitrogen and oxygen atoms in total. The van der Waals surface area contributed by atoms with Crippen LogP contribution in [-0.2, 0) is 9.47 Å². The Balaban J connectivity index is 1.46. The molecule has 0 saturated carbocycles. The quantitative estimate of drug-likeness (QED) is 0.200. The summed E-state index contributed by atoms with van der Waals surface area (Å²) in [5.74, 6) is -0.554. The van der Waals surface area contributed by atoms with Crippen LogP contribution in [0.15, 0.2) is 97.1 Å². The van der Waals surface area contributed by atoms with Crippen LogP contribution in [0.1, 0.15) is 77.9 Å². The molecule has 4 aromatic rings. The number of likely N-dealkylation sites (tertiary alicyclic amines) is 1. The van der Waals surface area contributed by atoms with Gasteiger partial charge in [0, 0.05) is 31.1 Å². The Morgan fingerprint density at radius 3 is 2.29 bits per heavy atom. The first-order chi connectivity index (χ1) is 21.6. The van der Waals surface area contributed by atoms with Crippen molar-refractivity contribution < 1.29 is 23.9 Å². The second kappa shape index (κ2) is 13.6. The van der Waals surface area contributed by atoms with Gasteiger partial charge in [-0.05, 0) is 80.1 Å². The average molecular weight is 607 g/mol. The van der Waals surface area contributed by atoms with Gasteiger partial charge in [0.1, 0.15) is 5.60 Å². The molecule has 1 fully saturated rings. The Bertz CT molecular complexity index is 1660. The van der Waals surface area contributed by atoms with E-state index in [2.05, 4.69) is 43.3 Å². The van der Waals surface area contributed by atoms with Gasteiger partial charge < -0.3 is 19.3 Å². The van der Waals surface area contributed by atoms with Crippen LogP contribution in [0.5, 0.6) is 0 Å². The standard InChI is InChI=1S/C38H42N2O5/c1-26(32-20-12-16-27-15-9-10-19-33(27)32)40(37(43)45-38(2,3)4)24-31-21-22-39(25-34(31)28-13-7-6-8-14-28)35(41)29-17-11-18-30(23-29)36(42)44-5/h6-20,23,26,31,34H,21-22,24-25H2,1-5H3/t26-,31?,34?/m1/s1. The zero-order valence-electron chi connectivity index (χ0n) is 26.7. The molecule has 7 heteroatoms. The molecule has 1 aliphatic heterocycles. The summed E-state index contributed by atoms with van der Waals surface area (Å²) in [7, 11) is 1.33. The normalized spacial score (nSPS) is 17.4. The third-order valence-corrected chi connectivity index (χ3v) is 8.60. The van der Waals surface area contributed by atoms with Crippen molar-refractivity contribution in [3.8, 4) is 0 Å². The lowest BCUT2D eigenvalue weighted by Gasteiger charge is -2.42. The van der Waals surface area contributed by atoms with Gasteiger partial charge in [-0.25, -0.2) is 9.59 Å². The Morgan fingerprint density at radius 2 is 1.56 bits per heavy atom. The van der Waals surface area contributed by atoms with E-state index in [9.17, 15) is 14.4 Å². The van der Waals surface area contributed by atoms with Crippen LogP contribution in [-0.4, -0.2) is 60.1 Å². The number of carbonyl (C=O) groups is 3. The van der Waals surface area contributed by atoms with Crippen LogP contribution in [0.3, 0.4) is 0 Å². The van der Waals surface area contributed by atoms with Crippen molar-refractivity contribution in [1.82, 2.24) is 9.80 Å². The van der Waals surface area contributed by atoms with E-state index in [4.69, 9.17) is 9.47 Å². The van der Waals surface area contributed by atoms with Crippen molar-refractivity contribution in [1.29, 1.82) is 0 Å². The molecule has 2 unspecified atom stereocenters. The first kappa shape index (κ1) is 31.8. The van der Waals surface area contributed by atoms with Gasteiger partial charge in [0.25, 0.3) is 5.91 Å². The Hall–Kier alpha value is -4.65. The summed E-state index contributed by atoms with van der Waals surface area (Å²) in [6.45, 7) is 9.21. The predicted octanol–water partition coefficient (Wildman–Crippen LogP) is 7.87. The minimum atomic E-state index is -0.652. The van der Waals surface area contributed by atoms with E-state index < -0.39 is 11.6 Å². The number of rotatable bonds is 7. The zero-order chi connectivity index (χ0) is 32.1. The van der Waals surface area contributed by atoms with E-state index in [1.54, 1.807) is 24.3 Å². The van der Waals surface area contributed by atoms with Crippen LogP contribution in [0.2, 0.25) is 0 Å². The van der Waals surface area contributed by atoms with Crippen LogP contribution in [0.4, 0.5) is 4.79 Å². The van der Waals surface area contributed by atoms with E-state index in [0.717, 1.165) is 21.9 Å². The number of fused-ring (bicyclic) bond motifs is 1. The van der Waals surface area contributed by atoms with Crippen molar-refractivity contribution in [3.05, 3.63) is 119 Å². The van der Waals surface area contributed by atoms with Gasteiger partial charge in [0.2, 0.25) is 0 Å². The summed E-state index contributed by atoms with van der Waals surface area (Å²) in [5, 5.41) is 2.23. The van der Waals surface area contributed by atoms with E-state index in [-0.39, 0.29) is 29.9 Å². The van der Waals surface area contributed by atoms with E-state index in [0.29, 0.717) is 37.2 Å². The lowest BCUT2D eigenvalue weighted by molar-refractivity contribution is 0.00908. The van der Waals surface area contributed by atoms with Gasteiger partial charge >= 0.3 is 12.1 Å². The third kappa shape index (κ3) is 7.36. The number of benzene rings is 4. The molecule has 2 amide bonds. The van der Waals surface area contributed by atoms with Gasteiger partial charge in [0.15, 0.2) is 0 Å². The van der Waals surface area contributed by atoms with Crippen molar-refractivity contribution in [2.45, 2.75) is 51.7 Å². The van der Waals surface area contributed by atoms with E-state index >= 15 is 0 Å². The molecule has 3 atom stereocenters. The summed E-state index contributed by atoms with van der Waals surface area (Å²) in [4.78, 5) is 43.5. The van der Waals surface area contributed by atoms with Gasteiger partial charge in [-0.15, -0.1) is 0 Å². The van der Waals surface area contributed by atoms with Crippen molar-refractivity contribution in [2.75, 3.05) is 26.7 Å². The summed E-state index contributed by atoms with van der Waals surface area (Å²) in [5.41, 5.74) is 2.32. The molecule has 45 heavy (non-hydrogen) atoms. The van der Waals surface area contributed by atoms with Gasteiger partial charge in [0.05, 0.1) is 18.7 Å². The number of amides is 2. The van der Waals surface area contributed by atoms with Gasteiger partial charge in [-0.2, -0.15) is 0 Å². The minimum Gasteiger partial charge on any atom is -0.465 e. The second-order valence-electron chi connectivity index (χ2n) is 12.8. The lowest BCUT2D eigenvalue weighted by atomic mass is 9.79. The lowest BCUT2D eigenvalue weighted by Crippen LogP contribution is -2.48. The molecule has 0 aliphatic carbocycles. The minimum absolute atomic E-state index is 0.0163. The van der Waals surface area contributed by atoms with Crippen molar-refractivity contribution in [3.63, 3.8) is 0 Å². The highest BCUT2D eigenvalue weighted by Gasteiger charge is 2.37. The maximum atomic E-state index is 13.9. The molecular formula is C38H42N2O5. The smallest absolute Gasteiger partial charge is 0.410 e. The largest absolute Gasteiger partial charge is 0.465 e. The fourth-order valence-electron chi connectivity index (χ4n) is 6.31. The zero-order valence-corrected chi connectivity index (χ0v) is 26.7. The fraction of sp³-hybridized carbons (Fsp3) is 0.342. The number of esters is 1. The molecule has 234 valence electrons. The second-order valence-corrected chi connectivity index (χ2v) is 12.8. The predicted molar refractivity (Wildman–Crippen MR) is 176 cm³/mol. The van der Waals surface area contributed by atoms with E-state index in [1.807, 2.05) is 67.0 Å². The van der Waals surface area contributed by atoms with Crippen LogP contribution >= 0.6 is 0 Å². The van der Waals surface area contributed by atoms with Crippen molar-refractivity contribution >= 4 is 28.7 Å². The Kier molecular flexibility index (Phi) is 9.57. The SMILES string of the molecule is COC(=O)c1cccc(C(=O)N2CCC(CN(C(=O)OC(C)(C)C)[C@H](C)c3cccc4ccccc34)C(c3ccccc3)C2)c1. The maximum absolute atomic E-state index is 13.9. The number of hydrogen-bond donors (Lipinski definition) is 0. The highest BCUT2D eigenvalue weighted by molar-refractivity contribution is 5.98. The number of carbonyl (C=O) groups excluding carboxylic acids is 3. The van der Waals surface area contributed by atoms with Crippen LogP contribution < -0.4 is 0 Å². The molecule has 0 bridgehead atoms. The summed E-state index contributed by atoms with van der Waals surface area (Å²) < 4.78 is 10.8. The molecule has 0 radical (unpaired) electrons. The third-order valence-electron chi connectivity index (χ3n) is 8.60. The number of hydrogen-bond acceptors (Lipinski definition) is 5. The summed E-state index contributed by atoms with van der Waals surface area (Å²) in [6.07, 6.45) is 0.344. The monoisotopic (exact) mass is 606 g/mol. The Labute approximate surface area is 265 Å². The number of ether oxygens (including phenoxy) is 2. The molecule has 1 aliphatic rings. The van der Waals surface area contributed by atoms with Gasteiger partial charge in [-0.3, -0.25) is 4.79 Å². The fourth-order valence-corrected chi connectivity index (χ4v) is 6.31. The molecule has 1 heterocycles. The highest BCUT2D eigenvalue weighted by atomic mass is 16.6. The molecule has 0 spiro atoms. The van der Waals surface area contributed by atoms with Crippen molar-refractivity contribution in [2.24, 2.45) is 5.92 Å². The summed E-state index contributed by atoms with van der Waals surface area (Å²) >= 11 is 0. The molecule has 1 saturated heterocycles. The van der Waals surface area contributed by atoms with Gasteiger partial charge in [-0.1, -0.05) is 78.9 Å². The first-order valence-electron chi connectivity index (χ1n) is 15.6. The molecule has 5 rings (SSSR count). The average Bonchev–Trinajstić information content (AvgIpc) is 3.05. The Morgan fingerprint density at radius 1 is 0.889 bits per heavy atom. The first-order valence-corrected chi connectivity index (χ1v) is 15.6.